The zero-order valence-corrected chi connectivity index (χ0v) is 11.8. The summed E-state index contributed by atoms with van der Waals surface area (Å²) in [5.41, 5.74) is 3.56. The lowest BCUT2D eigenvalue weighted by atomic mass is 10.2. The Morgan fingerprint density at radius 1 is 1.29 bits per heavy atom. The van der Waals surface area contributed by atoms with Crippen LogP contribution in [0.1, 0.15) is 36.7 Å². The summed E-state index contributed by atoms with van der Waals surface area (Å²) in [5.74, 6) is 0. The van der Waals surface area contributed by atoms with Gasteiger partial charge in [-0.15, -0.1) is 12.4 Å². The molecule has 1 heterocycles. The minimum Gasteiger partial charge on any atom is -0.382 e. The molecule has 2 N–H and O–H groups in total. The molecule has 1 aromatic rings. The van der Waals surface area contributed by atoms with Gasteiger partial charge in [-0.25, -0.2) is 0 Å². The molecule has 0 fully saturated rings. The highest BCUT2D eigenvalue weighted by molar-refractivity contribution is 5.85. The second-order valence-corrected chi connectivity index (χ2v) is 3.99. The van der Waals surface area contributed by atoms with E-state index in [1.807, 2.05) is 13.8 Å². The molecule has 0 radical (unpaired) electrons. The topological polar surface area (TPSA) is 49.9 Å². The van der Waals surface area contributed by atoms with Gasteiger partial charge in [-0.05, 0) is 40.2 Å². The van der Waals surface area contributed by atoms with Gasteiger partial charge in [0, 0.05) is 31.0 Å². The summed E-state index contributed by atoms with van der Waals surface area (Å²) in [7, 11) is 0. The van der Waals surface area contributed by atoms with E-state index in [2.05, 4.69) is 22.4 Å². The minimum absolute atomic E-state index is 0. The first-order chi connectivity index (χ1) is 7.75. The quantitative estimate of drug-likeness (QED) is 0.707. The highest BCUT2D eigenvalue weighted by atomic mass is 35.5. The van der Waals surface area contributed by atoms with E-state index in [0.717, 1.165) is 44.8 Å². The lowest BCUT2D eigenvalue weighted by Gasteiger charge is -2.05. The molecule has 0 aliphatic rings. The van der Waals surface area contributed by atoms with E-state index in [0.29, 0.717) is 0 Å². The third kappa shape index (κ3) is 6.05. The van der Waals surface area contributed by atoms with Crippen LogP contribution < -0.4 is 5.32 Å². The summed E-state index contributed by atoms with van der Waals surface area (Å²) in [5, 5.41) is 10.6. The third-order valence-corrected chi connectivity index (χ3v) is 2.68. The maximum atomic E-state index is 5.28. The number of unbranched alkanes of at least 4 members (excludes halogenated alkanes) is 1. The lowest BCUT2D eigenvalue weighted by Crippen LogP contribution is -2.16. The van der Waals surface area contributed by atoms with Crippen LogP contribution in [0.25, 0.3) is 0 Å². The predicted octanol–water partition coefficient (Wildman–Crippen LogP) is 2.35. The Balaban J connectivity index is 0.00000256. The summed E-state index contributed by atoms with van der Waals surface area (Å²) >= 11 is 0. The van der Waals surface area contributed by atoms with E-state index in [1.165, 1.54) is 11.3 Å². The summed E-state index contributed by atoms with van der Waals surface area (Å²) in [6, 6.07) is 0. The molecule has 0 aliphatic heterocycles. The van der Waals surface area contributed by atoms with Crippen LogP contribution in [0.2, 0.25) is 0 Å². The van der Waals surface area contributed by atoms with Gasteiger partial charge < -0.3 is 10.1 Å². The van der Waals surface area contributed by atoms with Gasteiger partial charge in [0.05, 0.1) is 5.69 Å². The Kier molecular flexibility index (Phi) is 9.13. The Bertz CT molecular complexity index is 282. The molecular weight excluding hydrogens is 238 g/mol. The second-order valence-electron chi connectivity index (χ2n) is 3.99. The van der Waals surface area contributed by atoms with Crippen LogP contribution in [0.15, 0.2) is 0 Å². The Morgan fingerprint density at radius 3 is 2.65 bits per heavy atom. The number of nitrogens with one attached hydrogen (secondary N) is 2. The van der Waals surface area contributed by atoms with E-state index < -0.39 is 0 Å². The standard InChI is InChI=1S/C12H23N3O.ClH/c1-4-16-8-6-5-7-13-9-12-10(2)14-15-11(12)3;/h13H,4-9H2,1-3H3,(H,14,15);1H. The van der Waals surface area contributed by atoms with Gasteiger partial charge in [-0.2, -0.15) is 5.10 Å². The molecule has 0 unspecified atom stereocenters. The highest BCUT2D eigenvalue weighted by Crippen LogP contribution is 2.08. The van der Waals surface area contributed by atoms with Crippen molar-refractivity contribution in [2.24, 2.45) is 0 Å². The third-order valence-electron chi connectivity index (χ3n) is 2.68. The monoisotopic (exact) mass is 261 g/mol. The molecule has 0 atom stereocenters. The normalized spacial score (nSPS) is 10.3. The van der Waals surface area contributed by atoms with Crippen LogP contribution in [-0.4, -0.2) is 30.0 Å². The van der Waals surface area contributed by atoms with Crippen LogP contribution in [0.5, 0.6) is 0 Å². The first kappa shape index (κ1) is 16.4. The van der Waals surface area contributed by atoms with Crippen LogP contribution in [-0.2, 0) is 11.3 Å². The van der Waals surface area contributed by atoms with Crippen LogP contribution in [0, 0.1) is 13.8 Å². The van der Waals surface area contributed by atoms with Crippen molar-refractivity contribution in [3.05, 3.63) is 17.0 Å². The predicted molar refractivity (Wildman–Crippen MR) is 72.7 cm³/mol. The van der Waals surface area contributed by atoms with Crippen molar-refractivity contribution in [2.45, 2.75) is 40.2 Å². The van der Waals surface area contributed by atoms with Gasteiger partial charge in [0.15, 0.2) is 0 Å². The van der Waals surface area contributed by atoms with Gasteiger partial charge in [-0.3, -0.25) is 5.10 Å². The Labute approximate surface area is 110 Å². The SMILES string of the molecule is CCOCCCCNCc1c(C)n[nH]c1C.Cl. The fourth-order valence-corrected chi connectivity index (χ4v) is 1.65. The number of rotatable bonds is 8. The number of hydrogen-bond acceptors (Lipinski definition) is 3. The first-order valence-corrected chi connectivity index (χ1v) is 6.04. The Morgan fingerprint density at radius 2 is 2.06 bits per heavy atom. The molecule has 5 heteroatoms. The maximum absolute atomic E-state index is 5.28. The number of aryl methyl sites for hydroxylation is 2. The number of H-pyrrole nitrogens is 1. The van der Waals surface area contributed by atoms with Crippen molar-refractivity contribution in [3.63, 3.8) is 0 Å². The summed E-state index contributed by atoms with van der Waals surface area (Å²) < 4.78 is 5.28. The van der Waals surface area contributed by atoms with E-state index >= 15 is 0 Å². The van der Waals surface area contributed by atoms with E-state index in [9.17, 15) is 0 Å². The molecule has 100 valence electrons. The summed E-state index contributed by atoms with van der Waals surface area (Å²) in [6.45, 7) is 9.77. The van der Waals surface area contributed by atoms with Crippen molar-refractivity contribution in [3.8, 4) is 0 Å². The minimum atomic E-state index is 0. The largest absolute Gasteiger partial charge is 0.382 e. The first-order valence-electron chi connectivity index (χ1n) is 6.04. The molecule has 1 aromatic heterocycles. The van der Waals surface area contributed by atoms with Crippen molar-refractivity contribution in [1.29, 1.82) is 0 Å². The van der Waals surface area contributed by atoms with Crippen LogP contribution in [0.3, 0.4) is 0 Å². The molecule has 1 rings (SSSR count). The molecule has 0 spiro atoms. The molecule has 0 amide bonds. The van der Waals surface area contributed by atoms with Crippen molar-refractivity contribution < 1.29 is 4.74 Å². The second kappa shape index (κ2) is 9.45. The van der Waals surface area contributed by atoms with Crippen molar-refractivity contribution in [1.82, 2.24) is 15.5 Å². The molecule has 17 heavy (non-hydrogen) atoms. The molecular formula is C12H24ClN3O. The summed E-state index contributed by atoms with van der Waals surface area (Å²) in [6.07, 6.45) is 2.29. The maximum Gasteiger partial charge on any atom is 0.0638 e. The molecule has 0 saturated heterocycles. The lowest BCUT2D eigenvalue weighted by molar-refractivity contribution is 0.143. The highest BCUT2D eigenvalue weighted by Gasteiger charge is 2.04. The van der Waals surface area contributed by atoms with Crippen molar-refractivity contribution in [2.75, 3.05) is 19.8 Å². The van der Waals surface area contributed by atoms with E-state index in [1.54, 1.807) is 0 Å². The number of aromatic amines is 1. The fourth-order valence-electron chi connectivity index (χ4n) is 1.65. The number of hydrogen-bond donors (Lipinski definition) is 2. The molecule has 0 bridgehead atoms. The number of nitrogens with zero attached hydrogens (tertiary/aromatic N) is 1. The zero-order chi connectivity index (χ0) is 11.8. The molecule has 0 aliphatic carbocycles. The van der Waals surface area contributed by atoms with Gasteiger partial charge >= 0.3 is 0 Å². The number of aromatic nitrogens is 2. The van der Waals surface area contributed by atoms with Crippen LogP contribution in [0.4, 0.5) is 0 Å². The van der Waals surface area contributed by atoms with Gasteiger partial charge in [0.2, 0.25) is 0 Å². The Hall–Kier alpha value is -0.580. The molecule has 0 saturated carbocycles. The molecule has 4 nitrogen and oxygen atoms in total. The van der Waals surface area contributed by atoms with E-state index in [4.69, 9.17) is 4.74 Å². The van der Waals surface area contributed by atoms with Gasteiger partial charge in [0.1, 0.15) is 0 Å². The zero-order valence-electron chi connectivity index (χ0n) is 11.0. The number of ether oxygens (including phenoxy) is 1. The van der Waals surface area contributed by atoms with Crippen molar-refractivity contribution >= 4 is 12.4 Å². The van der Waals surface area contributed by atoms with Gasteiger partial charge in [0.25, 0.3) is 0 Å². The number of halogens is 1. The van der Waals surface area contributed by atoms with E-state index in [-0.39, 0.29) is 12.4 Å². The smallest absolute Gasteiger partial charge is 0.0638 e. The fraction of sp³-hybridized carbons (Fsp3) is 0.750. The average molecular weight is 262 g/mol. The summed E-state index contributed by atoms with van der Waals surface area (Å²) in [4.78, 5) is 0. The average Bonchev–Trinajstić information content (AvgIpc) is 2.59. The molecule has 0 aromatic carbocycles. The van der Waals surface area contributed by atoms with Gasteiger partial charge in [-0.1, -0.05) is 0 Å². The van der Waals surface area contributed by atoms with Crippen LogP contribution >= 0.6 is 12.4 Å².